The maximum Gasteiger partial charge on any atom is 0.309 e. The first kappa shape index (κ1) is 24.8. The molecule has 9 nitrogen and oxygen atoms in total. The van der Waals surface area contributed by atoms with Crippen molar-refractivity contribution in [2.45, 2.75) is 44.2 Å². The third-order valence-electron chi connectivity index (χ3n) is 7.63. The number of anilines is 3. The van der Waals surface area contributed by atoms with Crippen molar-refractivity contribution in [3.8, 4) is 5.75 Å². The first-order valence-electron chi connectivity index (χ1n) is 12.5. The van der Waals surface area contributed by atoms with E-state index in [1.165, 1.54) is 17.3 Å². The van der Waals surface area contributed by atoms with Gasteiger partial charge in [0.1, 0.15) is 10.8 Å². The molecule has 1 aromatic carbocycles. The molecule has 36 heavy (non-hydrogen) atoms. The maximum absolute atomic E-state index is 11.9. The van der Waals surface area contributed by atoms with E-state index in [1.807, 2.05) is 6.08 Å². The van der Waals surface area contributed by atoms with Crippen LogP contribution in [-0.2, 0) is 17.6 Å². The standard InChI is InChI=1S/C26H32ClN5O4/c1-36-21-12-15-5-7-18(28-8-9-33)6-4-14(15)11-20(21)30-26-29-13-19(27)24(32-26)31-23-17-3-2-16(10-17)22(23)25(34)35/h2-3,11-13,16-18,22-23,28,33H,4-10H2,1H3,(H,34,35)(H2,29,30,31,32)/t16-,17+,18?,22+,23-/m1/s1. The molecule has 3 aliphatic rings. The van der Waals surface area contributed by atoms with Crippen LogP contribution in [0.15, 0.2) is 30.5 Å². The quantitative estimate of drug-likeness (QED) is 0.253. The third-order valence-corrected chi connectivity index (χ3v) is 7.91. The summed E-state index contributed by atoms with van der Waals surface area (Å²) in [7, 11) is 1.64. The number of rotatable bonds is 9. The molecule has 1 saturated carbocycles. The molecular formula is C26H32ClN5O4. The number of benzene rings is 1. The van der Waals surface area contributed by atoms with Gasteiger partial charge in [0.2, 0.25) is 5.95 Å². The number of fused-ring (bicyclic) bond motifs is 3. The van der Waals surface area contributed by atoms with Crippen molar-refractivity contribution in [1.82, 2.24) is 15.3 Å². The van der Waals surface area contributed by atoms with Gasteiger partial charge in [-0.15, -0.1) is 0 Å². The average molecular weight is 514 g/mol. The van der Waals surface area contributed by atoms with Gasteiger partial charge in [-0.1, -0.05) is 23.8 Å². The van der Waals surface area contributed by atoms with Crippen LogP contribution in [0.1, 0.15) is 30.4 Å². The highest BCUT2D eigenvalue weighted by Gasteiger charge is 2.48. The molecule has 0 spiro atoms. The van der Waals surface area contributed by atoms with Crippen molar-refractivity contribution < 1.29 is 19.7 Å². The van der Waals surface area contributed by atoms with Gasteiger partial charge in [0, 0.05) is 18.6 Å². The lowest BCUT2D eigenvalue weighted by Gasteiger charge is -2.26. The normalized spacial score (nSPS) is 26.4. The molecule has 5 atom stereocenters. The van der Waals surface area contributed by atoms with E-state index in [0.717, 1.165) is 37.8 Å². The summed E-state index contributed by atoms with van der Waals surface area (Å²) in [6.07, 6.45) is 10.3. The summed E-state index contributed by atoms with van der Waals surface area (Å²) in [6.45, 7) is 0.742. The smallest absolute Gasteiger partial charge is 0.309 e. The fourth-order valence-corrected chi connectivity index (χ4v) is 5.98. The van der Waals surface area contributed by atoms with Crippen LogP contribution in [0.25, 0.3) is 0 Å². The lowest BCUT2D eigenvalue weighted by atomic mass is 9.89. The van der Waals surface area contributed by atoms with Crippen molar-refractivity contribution in [2.75, 3.05) is 30.9 Å². The second-order valence-electron chi connectivity index (χ2n) is 9.77. The average Bonchev–Trinajstić information content (AvgIpc) is 3.42. The van der Waals surface area contributed by atoms with Gasteiger partial charge >= 0.3 is 5.97 Å². The second kappa shape index (κ2) is 10.6. The zero-order valence-electron chi connectivity index (χ0n) is 20.2. The molecule has 3 aliphatic carbocycles. The lowest BCUT2D eigenvalue weighted by molar-refractivity contribution is -0.142. The van der Waals surface area contributed by atoms with E-state index in [0.29, 0.717) is 35.1 Å². The number of nitrogens with one attached hydrogen (secondary N) is 3. The van der Waals surface area contributed by atoms with Gasteiger partial charge < -0.3 is 30.9 Å². The third kappa shape index (κ3) is 5.00. The monoisotopic (exact) mass is 513 g/mol. The summed E-state index contributed by atoms with van der Waals surface area (Å²) in [5.74, 6) is 0.316. The van der Waals surface area contributed by atoms with E-state index in [4.69, 9.17) is 21.4 Å². The predicted molar refractivity (Wildman–Crippen MR) is 138 cm³/mol. The zero-order chi connectivity index (χ0) is 25.2. The van der Waals surface area contributed by atoms with E-state index < -0.39 is 11.9 Å². The van der Waals surface area contributed by atoms with Crippen molar-refractivity contribution in [2.24, 2.45) is 17.8 Å². The Morgan fingerprint density at radius 3 is 2.67 bits per heavy atom. The fourth-order valence-electron chi connectivity index (χ4n) is 5.84. The van der Waals surface area contributed by atoms with Crippen molar-refractivity contribution in [3.63, 3.8) is 0 Å². The summed E-state index contributed by atoms with van der Waals surface area (Å²) in [5, 5.41) is 29.2. The molecule has 5 rings (SSSR count). The summed E-state index contributed by atoms with van der Waals surface area (Å²) >= 11 is 6.40. The van der Waals surface area contributed by atoms with Gasteiger partial charge in [-0.05, 0) is 67.2 Å². The number of aromatic nitrogens is 2. The number of aryl methyl sites for hydroxylation is 2. The van der Waals surface area contributed by atoms with Crippen LogP contribution in [0.2, 0.25) is 5.02 Å². The molecule has 1 fully saturated rings. The molecular weight excluding hydrogens is 482 g/mol. The van der Waals surface area contributed by atoms with Crippen LogP contribution in [0.4, 0.5) is 17.5 Å². The minimum atomic E-state index is -0.809. The van der Waals surface area contributed by atoms with Crippen LogP contribution >= 0.6 is 11.6 Å². The maximum atomic E-state index is 11.9. The molecule has 0 aliphatic heterocycles. The number of carboxylic acids is 1. The minimum absolute atomic E-state index is 0.0329. The Hall–Kier alpha value is -2.88. The van der Waals surface area contributed by atoms with E-state index in [1.54, 1.807) is 7.11 Å². The Labute approximate surface area is 215 Å². The SMILES string of the molecule is COc1cc2c(cc1Nc1ncc(Cl)c(N[C@H]3[C@@H](C(=O)O)[C@@H]4C=C[C@H]3C4)n1)CCC(NCCO)CC2. The molecule has 192 valence electrons. The Balaban J connectivity index is 1.35. The molecule has 1 aromatic heterocycles. The summed E-state index contributed by atoms with van der Waals surface area (Å²) in [5.41, 5.74) is 3.27. The molecule has 0 saturated heterocycles. The van der Waals surface area contributed by atoms with Gasteiger partial charge in [0.25, 0.3) is 0 Å². The number of halogens is 1. The van der Waals surface area contributed by atoms with Crippen LogP contribution in [-0.4, -0.2) is 58.5 Å². The van der Waals surface area contributed by atoms with E-state index in [-0.39, 0.29) is 24.5 Å². The van der Waals surface area contributed by atoms with Crippen molar-refractivity contribution in [3.05, 3.63) is 46.6 Å². The second-order valence-corrected chi connectivity index (χ2v) is 10.2. The van der Waals surface area contributed by atoms with E-state index in [9.17, 15) is 9.90 Å². The number of ether oxygens (including phenoxy) is 1. The Bertz CT molecular complexity index is 1160. The summed E-state index contributed by atoms with van der Waals surface area (Å²) in [4.78, 5) is 20.8. The molecule has 2 aromatic rings. The largest absolute Gasteiger partial charge is 0.495 e. The number of hydrogen-bond acceptors (Lipinski definition) is 8. The predicted octanol–water partition coefficient (Wildman–Crippen LogP) is 3.40. The number of hydrogen-bond donors (Lipinski definition) is 5. The lowest BCUT2D eigenvalue weighted by Crippen LogP contribution is -2.38. The number of nitrogens with zero attached hydrogens (tertiary/aromatic N) is 2. The fraction of sp³-hybridized carbons (Fsp3) is 0.500. The van der Waals surface area contributed by atoms with E-state index >= 15 is 0 Å². The Morgan fingerprint density at radius 1 is 1.19 bits per heavy atom. The molecule has 1 heterocycles. The highest BCUT2D eigenvalue weighted by molar-refractivity contribution is 6.32. The van der Waals surface area contributed by atoms with Gasteiger partial charge in [-0.25, -0.2) is 4.98 Å². The van der Waals surface area contributed by atoms with Gasteiger partial charge in [0.05, 0.1) is 31.5 Å². The van der Waals surface area contributed by atoms with Crippen LogP contribution in [0.3, 0.4) is 0 Å². The van der Waals surface area contributed by atoms with Crippen LogP contribution < -0.4 is 20.7 Å². The number of methoxy groups -OCH3 is 1. The van der Waals surface area contributed by atoms with Crippen molar-refractivity contribution >= 4 is 35.0 Å². The number of aliphatic hydroxyl groups is 1. The van der Waals surface area contributed by atoms with Crippen LogP contribution in [0, 0.1) is 17.8 Å². The Kier molecular flexibility index (Phi) is 7.32. The van der Waals surface area contributed by atoms with Gasteiger partial charge in [-0.2, -0.15) is 4.98 Å². The number of aliphatic hydroxyl groups excluding tert-OH is 1. The minimum Gasteiger partial charge on any atom is -0.495 e. The highest BCUT2D eigenvalue weighted by atomic mass is 35.5. The van der Waals surface area contributed by atoms with Gasteiger partial charge in [0.15, 0.2) is 5.82 Å². The first-order valence-corrected chi connectivity index (χ1v) is 12.9. The van der Waals surface area contributed by atoms with Crippen molar-refractivity contribution in [1.29, 1.82) is 0 Å². The zero-order valence-corrected chi connectivity index (χ0v) is 21.0. The molecule has 0 amide bonds. The Morgan fingerprint density at radius 2 is 1.94 bits per heavy atom. The summed E-state index contributed by atoms with van der Waals surface area (Å²) in [6, 6.07) is 4.26. The first-order chi connectivity index (χ1) is 17.5. The molecule has 10 heteroatoms. The highest BCUT2D eigenvalue weighted by Crippen LogP contribution is 2.45. The number of carboxylic acid groups (broad SMARTS) is 1. The molecule has 2 bridgehead atoms. The molecule has 1 unspecified atom stereocenters. The van der Waals surface area contributed by atoms with Crippen LogP contribution in [0.5, 0.6) is 5.75 Å². The number of carbonyl (C=O) groups is 1. The number of allylic oxidation sites excluding steroid dienone is 1. The summed E-state index contributed by atoms with van der Waals surface area (Å²) < 4.78 is 5.67. The number of aliphatic carboxylic acids is 1. The molecule has 5 N–H and O–H groups in total. The molecule has 0 radical (unpaired) electrons. The van der Waals surface area contributed by atoms with E-state index in [2.05, 4.69) is 44.1 Å². The topological polar surface area (TPSA) is 129 Å². The van der Waals surface area contributed by atoms with Gasteiger partial charge in [-0.3, -0.25) is 4.79 Å².